The SMILES string of the molecule is CCCC(C)NC(=O)[C@@H]1[C@H]2C=C[C@@H](CCC)[C@@H](C(=O)NC)[C@H]2C(=O)N1[C@@H](CO)CC(C)C. The smallest absolute Gasteiger partial charge is 0.243 e. The van der Waals surface area contributed by atoms with Gasteiger partial charge in [-0.2, -0.15) is 0 Å². The first kappa shape index (κ1) is 26.4. The third kappa shape index (κ3) is 5.53. The summed E-state index contributed by atoms with van der Waals surface area (Å²) < 4.78 is 0. The number of hydrogen-bond acceptors (Lipinski definition) is 4. The molecule has 3 amide bonds. The maximum absolute atomic E-state index is 13.8. The maximum atomic E-state index is 13.8. The molecule has 3 N–H and O–H groups in total. The van der Waals surface area contributed by atoms with Gasteiger partial charge < -0.3 is 20.6 Å². The van der Waals surface area contributed by atoms with Crippen molar-refractivity contribution in [2.24, 2.45) is 29.6 Å². The van der Waals surface area contributed by atoms with Gasteiger partial charge in [-0.1, -0.05) is 52.7 Å². The maximum Gasteiger partial charge on any atom is 0.243 e. The Morgan fingerprint density at radius 2 is 1.81 bits per heavy atom. The van der Waals surface area contributed by atoms with Gasteiger partial charge in [-0.15, -0.1) is 0 Å². The molecule has 0 aromatic heterocycles. The number of amides is 3. The summed E-state index contributed by atoms with van der Waals surface area (Å²) in [5.74, 6) is -1.78. The average Bonchev–Trinajstić information content (AvgIpc) is 3.04. The van der Waals surface area contributed by atoms with Gasteiger partial charge in [0.05, 0.1) is 24.5 Å². The fourth-order valence-corrected chi connectivity index (χ4v) is 5.63. The number of fused-ring (bicyclic) bond motifs is 1. The van der Waals surface area contributed by atoms with Crippen LogP contribution in [-0.2, 0) is 14.4 Å². The van der Waals surface area contributed by atoms with E-state index in [0.29, 0.717) is 6.42 Å². The van der Waals surface area contributed by atoms with Gasteiger partial charge in [-0.05, 0) is 38.0 Å². The monoisotopic (exact) mass is 449 g/mol. The molecule has 32 heavy (non-hydrogen) atoms. The molecule has 0 bridgehead atoms. The molecule has 1 saturated heterocycles. The van der Waals surface area contributed by atoms with Crippen LogP contribution in [0, 0.1) is 29.6 Å². The summed E-state index contributed by atoms with van der Waals surface area (Å²) in [5, 5.41) is 16.0. The first-order valence-electron chi connectivity index (χ1n) is 12.3. The predicted molar refractivity (Wildman–Crippen MR) is 126 cm³/mol. The molecule has 0 radical (unpaired) electrons. The second-order valence-corrected chi connectivity index (χ2v) is 9.94. The number of hydrogen-bond donors (Lipinski definition) is 3. The summed E-state index contributed by atoms with van der Waals surface area (Å²) >= 11 is 0. The number of nitrogens with one attached hydrogen (secondary N) is 2. The number of carbonyl (C=O) groups excluding carboxylic acids is 3. The number of nitrogens with zero attached hydrogens (tertiary/aromatic N) is 1. The highest BCUT2D eigenvalue weighted by molar-refractivity contribution is 5.97. The summed E-state index contributed by atoms with van der Waals surface area (Å²) in [5.41, 5.74) is 0. The second-order valence-electron chi connectivity index (χ2n) is 9.94. The van der Waals surface area contributed by atoms with Crippen molar-refractivity contribution >= 4 is 17.7 Å². The minimum Gasteiger partial charge on any atom is -0.394 e. The number of rotatable bonds is 11. The van der Waals surface area contributed by atoms with Crippen LogP contribution in [0.4, 0.5) is 0 Å². The first-order chi connectivity index (χ1) is 15.2. The lowest BCUT2D eigenvalue weighted by Gasteiger charge is -2.35. The normalized spacial score (nSPS) is 29.1. The molecule has 2 aliphatic rings. The van der Waals surface area contributed by atoms with Crippen LogP contribution < -0.4 is 10.6 Å². The molecule has 7 heteroatoms. The van der Waals surface area contributed by atoms with Crippen molar-refractivity contribution in [3.8, 4) is 0 Å². The third-order valence-electron chi connectivity index (χ3n) is 6.95. The van der Waals surface area contributed by atoms with Crippen LogP contribution in [-0.4, -0.2) is 59.5 Å². The molecule has 0 saturated carbocycles. The van der Waals surface area contributed by atoms with Crippen molar-refractivity contribution in [3.63, 3.8) is 0 Å². The standard InChI is InChI=1S/C25H43N3O4/c1-7-9-16(5)27-24(31)22-19-12-11-17(10-8-2)20(23(30)26-6)21(19)25(32)28(22)18(14-29)13-15(3)4/h11-12,15-22,29H,7-10,13-14H2,1-6H3,(H,26,30)(H,27,31)/t16?,17-,18-,19+,20-,21+,22+/m1/s1. The summed E-state index contributed by atoms with van der Waals surface area (Å²) in [6.45, 7) is 9.99. The number of likely N-dealkylation sites (tertiary alicyclic amines) is 1. The largest absolute Gasteiger partial charge is 0.394 e. The molecule has 1 fully saturated rings. The van der Waals surface area contributed by atoms with Crippen LogP contribution in [0.5, 0.6) is 0 Å². The molecule has 0 aromatic rings. The highest BCUT2D eigenvalue weighted by Crippen LogP contribution is 2.46. The van der Waals surface area contributed by atoms with E-state index in [0.717, 1.165) is 25.7 Å². The number of carbonyl (C=O) groups is 3. The molecule has 2 rings (SSSR count). The zero-order valence-electron chi connectivity index (χ0n) is 20.6. The van der Waals surface area contributed by atoms with Gasteiger partial charge in [0.1, 0.15) is 6.04 Å². The zero-order chi connectivity index (χ0) is 24.0. The Labute approximate surface area is 193 Å². The summed E-state index contributed by atoms with van der Waals surface area (Å²) in [6.07, 6.45) is 8.14. The lowest BCUT2D eigenvalue weighted by Crippen LogP contribution is -2.54. The van der Waals surface area contributed by atoms with E-state index in [1.54, 1.807) is 11.9 Å². The predicted octanol–water partition coefficient (Wildman–Crippen LogP) is 2.49. The van der Waals surface area contributed by atoms with Crippen molar-refractivity contribution in [3.05, 3.63) is 12.2 Å². The summed E-state index contributed by atoms with van der Waals surface area (Å²) in [7, 11) is 1.60. The van der Waals surface area contributed by atoms with Crippen LogP contribution >= 0.6 is 0 Å². The quantitative estimate of drug-likeness (QED) is 0.422. The van der Waals surface area contributed by atoms with E-state index < -0.39 is 23.9 Å². The molecule has 7 atom stereocenters. The fourth-order valence-electron chi connectivity index (χ4n) is 5.63. The molecular weight excluding hydrogens is 406 g/mol. The Morgan fingerprint density at radius 3 is 2.34 bits per heavy atom. The molecule has 1 unspecified atom stereocenters. The van der Waals surface area contributed by atoms with E-state index in [2.05, 4.69) is 24.5 Å². The van der Waals surface area contributed by atoms with E-state index >= 15 is 0 Å². The number of aliphatic hydroxyl groups is 1. The number of aliphatic hydroxyl groups excluding tert-OH is 1. The highest BCUT2D eigenvalue weighted by atomic mass is 16.3. The molecule has 182 valence electrons. The van der Waals surface area contributed by atoms with Gasteiger partial charge in [-0.3, -0.25) is 14.4 Å². The molecule has 0 spiro atoms. The topological polar surface area (TPSA) is 98.7 Å². The molecule has 7 nitrogen and oxygen atoms in total. The van der Waals surface area contributed by atoms with E-state index in [-0.39, 0.29) is 48.1 Å². The van der Waals surface area contributed by atoms with Crippen molar-refractivity contribution in [1.29, 1.82) is 0 Å². The van der Waals surface area contributed by atoms with E-state index in [9.17, 15) is 19.5 Å². The Kier molecular flexibility index (Phi) is 9.74. The van der Waals surface area contributed by atoms with E-state index in [1.165, 1.54) is 0 Å². The molecule has 1 heterocycles. The van der Waals surface area contributed by atoms with Crippen LogP contribution in [0.1, 0.15) is 66.7 Å². The first-order valence-corrected chi connectivity index (χ1v) is 12.3. The molecule has 0 aromatic carbocycles. The molecule has 1 aliphatic heterocycles. The minimum absolute atomic E-state index is 0.00340. The highest BCUT2D eigenvalue weighted by Gasteiger charge is 2.58. The zero-order valence-corrected chi connectivity index (χ0v) is 20.6. The Bertz CT molecular complexity index is 693. The Balaban J connectivity index is 2.51. The van der Waals surface area contributed by atoms with Crippen molar-refractivity contribution in [2.45, 2.75) is 84.8 Å². The third-order valence-corrected chi connectivity index (χ3v) is 6.95. The average molecular weight is 450 g/mol. The van der Waals surface area contributed by atoms with Gasteiger partial charge in [0.2, 0.25) is 17.7 Å². The second kappa shape index (κ2) is 11.8. The van der Waals surface area contributed by atoms with Crippen LogP contribution in [0.3, 0.4) is 0 Å². The van der Waals surface area contributed by atoms with Crippen LogP contribution in [0.15, 0.2) is 12.2 Å². The van der Waals surface area contributed by atoms with Crippen LogP contribution in [0.2, 0.25) is 0 Å². The Morgan fingerprint density at radius 1 is 1.12 bits per heavy atom. The molecule has 1 aliphatic carbocycles. The summed E-state index contributed by atoms with van der Waals surface area (Å²) in [6, 6.07) is -1.17. The van der Waals surface area contributed by atoms with Gasteiger partial charge in [0.25, 0.3) is 0 Å². The van der Waals surface area contributed by atoms with Gasteiger partial charge in [-0.25, -0.2) is 0 Å². The Hall–Kier alpha value is -1.89. The van der Waals surface area contributed by atoms with Gasteiger partial charge in [0, 0.05) is 19.0 Å². The van der Waals surface area contributed by atoms with Crippen LogP contribution in [0.25, 0.3) is 0 Å². The lowest BCUT2D eigenvalue weighted by atomic mass is 9.68. The fraction of sp³-hybridized carbons (Fsp3) is 0.800. The number of allylic oxidation sites excluding steroid dienone is 1. The summed E-state index contributed by atoms with van der Waals surface area (Å²) in [4.78, 5) is 41.9. The van der Waals surface area contributed by atoms with E-state index in [1.807, 2.05) is 32.9 Å². The minimum atomic E-state index is -0.714. The lowest BCUT2D eigenvalue weighted by molar-refractivity contribution is -0.143. The van der Waals surface area contributed by atoms with Crippen molar-refractivity contribution in [2.75, 3.05) is 13.7 Å². The van der Waals surface area contributed by atoms with Crippen molar-refractivity contribution < 1.29 is 19.5 Å². The van der Waals surface area contributed by atoms with Crippen molar-refractivity contribution in [1.82, 2.24) is 15.5 Å². The van der Waals surface area contributed by atoms with E-state index in [4.69, 9.17) is 0 Å². The van der Waals surface area contributed by atoms with Gasteiger partial charge in [0.15, 0.2) is 0 Å². The molecular formula is C25H43N3O4. The van der Waals surface area contributed by atoms with Gasteiger partial charge >= 0.3 is 0 Å².